The average Bonchev–Trinajstić information content (AvgIpc) is 3.38. The number of hydrogen-bond donors (Lipinski definition) is 1. The molecule has 1 N–H and O–H groups in total. The smallest absolute Gasteiger partial charge is 0.317 e. The molecule has 0 radical (unpaired) electrons. The Hall–Kier alpha value is -1.88. The lowest BCUT2D eigenvalue weighted by molar-refractivity contribution is -0.138. The fourth-order valence-electron chi connectivity index (χ4n) is 4.06. The highest BCUT2D eigenvalue weighted by molar-refractivity contribution is 5.91. The lowest BCUT2D eigenvalue weighted by atomic mass is 9.93. The molecule has 0 bridgehead atoms. The van der Waals surface area contributed by atoms with Crippen molar-refractivity contribution >= 4 is 11.9 Å². The second kappa shape index (κ2) is 7.16. The van der Waals surface area contributed by atoms with Gasteiger partial charge in [-0.25, -0.2) is 0 Å². The van der Waals surface area contributed by atoms with Gasteiger partial charge in [-0.2, -0.15) is 0 Å². The Bertz CT molecular complexity index is 654. The van der Waals surface area contributed by atoms with Crippen LogP contribution >= 0.6 is 0 Å². The third kappa shape index (κ3) is 3.87. The summed E-state index contributed by atoms with van der Waals surface area (Å²) in [6, 6.07) is 8.57. The van der Waals surface area contributed by atoms with Crippen molar-refractivity contribution in [2.75, 3.05) is 26.7 Å². The molecule has 5 nitrogen and oxygen atoms in total. The molecule has 1 amide bonds. The third-order valence-electron chi connectivity index (χ3n) is 5.72. The van der Waals surface area contributed by atoms with E-state index in [2.05, 4.69) is 25.1 Å². The average molecular weight is 344 g/mol. The first-order valence-corrected chi connectivity index (χ1v) is 9.21. The molecular weight excluding hydrogens is 316 g/mol. The number of likely N-dealkylation sites (N-methyl/N-ethyl adjacent to an activating group) is 1. The van der Waals surface area contributed by atoms with Gasteiger partial charge in [-0.15, -0.1) is 0 Å². The van der Waals surface area contributed by atoms with E-state index in [1.54, 1.807) is 0 Å². The van der Waals surface area contributed by atoms with Crippen LogP contribution < -0.4 is 0 Å². The fourth-order valence-corrected chi connectivity index (χ4v) is 4.06. The number of amides is 1. The predicted molar refractivity (Wildman–Crippen MR) is 96.6 cm³/mol. The van der Waals surface area contributed by atoms with Crippen LogP contribution in [0.1, 0.15) is 43.2 Å². The van der Waals surface area contributed by atoms with Crippen molar-refractivity contribution in [3.8, 4) is 0 Å². The fraction of sp³-hybridized carbons (Fsp3) is 0.600. The van der Waals surface area contributed by atoms with E-state index in [1.807, 2.05) is 22.9 Å². The number of hydrogen-bond acceptors (Lipinski definition) is 3. The molecule has 0 aromatic heterocycles. The predicted octanol–water partition coefficient (Wildman–Crippen LogP) is 2.42. The van der Waals surface area contributed by atoms with E-state index in [9.17, 15) is 9.59 Å². The van der Waals surface area contributed by atoms with Crippen LogP contribution in [-0.4, -0.2) is 59.5 Å². The summed E-state index contributed by atoms with van der Waals surface area (Å²) >= 11 is 0. The highest BCUT2D eigenvalue weighted by Gasteiger charge is 2.53. The van der Waals surface area contributed by atoms with Crippen molar-refractivity contribution in [2.24, 2.45) is 0 Å². The van der Waals surface area contributed by atoms with Crippen LogP contribution in [0.4, 0.5) is 0 Å². The number of likely N-dealkylation sites (tertiary alicyclic amines) is 1. The van der Waals surface area contributed by atoms with Gasteiger partial charge in [-0.3, -0.25) is 14.5 Å². The molecule has 1 saturated carbocycles. The molecule has 1 heterocycles. The number of carboxylic acid groups (broad SMARTS) is 1. The lowest BCUT2D eigenvalue weighted by Gasteiger charge is -2.28. The standard InChI is InChI=1S/C20H28N2O3/c1-15-5-3-6-16(13-15)20(9-10-20)19(25)22-11-4-7-17(8-12-22)21(2)14-18(23)24/h3,5-6,13,17H,4,7-12,14H2,1-2H3,(H,23,24). The molecule has 0 spiro atoms. The van der Waals surface area contributed by atoms with Gasteiger partial charge < -0.3 is 10.0 Å². The molecule has 1 aliphatic heterocycles. The van der Waals surface area contributed by atoms with Crippen LogP contribution in [-0.2, 0) is 15.0 Å². The van der Waals surface area contributed by atoms with E-state index in [-0.39, 0.29) is 23.9 Å². The maximum Gasteiger partial charge on any atom is 0.317 e. The second-order valence-corrected chi connectivity index (χ2v) is 7.64. The van der Waals surface area contributed by atoms with Crippen LogP contribution in [0.25, 0.3) is 0 Å². The summed E-state index contributed by atoms with van der Waals surface area (Å²) in [6.07, 6.45) is 4.61. The van der Waals surface area contributed by atoms with E-state index in [0.29, 0.717) is 0 Å². The summed E-state index contributed by atoms with van der Waals surface area (Å²) in [5.74, 6) is -0.532. The van der Waals surface area contributed by atoms with Gasteiger partial charge in [0.2, 0.25) is 5.91 Å². The van der Waals surface area contributed by atoms with E-state index < -0.39 is 5.97 Å². The van der Waals surface area contributed by atoms with Crippen LogP contribution in [0, 0.1) is 6.92 Å². The summed E-state index contributed by atoms with van der Waals surface area (Å²) in [7, 11) is 1.87. The van der Waals surface area contributed by atoms with Crippen LogP contribution in [0.3, 0.4) is 0 Å². The summed E-state index contributed by atoms with van der Waals surface area (Å²) in [6.45, 7) is 3.63. The molecule has 136 valence electrons. The molecule has 5 heteroatoms. The first kappa shape index (κ1) is 17.9. The quantitative estimate of drug-likeness (QED) is 0.891. The van der Waals surface area contributed by atoms with Crippen LogP contribution in [0.5, 0.6) is 0 Å². The second-order valence-electron chi connectivity index (χ2n) is 7.64. The number of carboxylic acids is 1. The normalized spacial score (nSPS) is 22.5. The maximum atomic E-state index is 13.2. The van der Waals surface area contributed by atoms with Crippen LogP contribution in [0.2, 0.25) is 0 Å². The first-order valence-electron chi connectivity index (χ1n) is 9.21. The number of carbonyl (C=O) groups is 2. The zero-order valence-electron chi connectivity index (χ0n) is 15.2. The highest BCUT2D eigenvalue weighted by Crippen LogP contribution is 2.50. The Morgan fingerprint density at radius 1 is 1.28 bits per heavy atom. The number of carbonyl (C=O) groups excluding carboxylic acids is 1. The number of benzene rings is 1. The minimum Gasteiger partial charge on any atom is -0.480 e. The largest absolute Gasteiger partial charge is 0.480 e. The van der Waals surface area contributed by atoms with Crippen molar-refractivity contribution in [1.29, 1.82) is 0 Å². The molecule has 25 heavy (non-hydrogen) atoms. The molecule has 1 aromatic rings. The molecule has 1 atom stereocenters. The first-order chi connectivity index (χ1) is 11.9. The van der Waals surface area contributed by atoms with Crippen molar-refractivity contribution in [3.05, 3.63) is 35.4 Å². The Kier molecular flexibility index (Phi) is 5.13. The molecular formula is C20H28N2O3. The molecule has 2 fully saturated rings. The van der Waals surface area contributed by atoms with Crippen LogP contribution in [0.15, 0.2) is 24.3 Å². The summed E-state index contributed by atoms with van der Waals surface area (Å²) in [4.78, 5) is 28.1. The van der Waals surface area contributed by atoms with Gasteiger partial charge in [0, 0.05) is 19.1 Å². The van der Waals surface area contributed by atoms with Gasteiger partial charge in [-0.05, 0) is 51.6 Å². The molecule has 1 aromatic carbocycles. The maximum absolute atomic E-state index is 13.2. The Morgan fingerprint density at radius 2 is 2.04 bits per heavy atom. The Balaban J connectivity index is 1.66. The van der Waals surface area contributed by atoms with Gasteiger partial charge in [0.1, 0.15) is 0 Å². The number of rotatable bonds is 5. The number of aliphatic carboxylic acids is 1. The molecule has 1 saturated heterocycles. The summed E-state index contributed by atoms with van der Waals surface area (Å²) in [5, 5.41) is 8.98. The third-order valence-corrected chi connectivity index (χ3v) is 5.72. The minimum atomic E-state index is -0.795. The number of nitrogens with zero attached hydrogens (tertiary/aromatic N) is 2. The van der Waals surface area contributed by atoms with E-state index >= 15 is 0 Å². The van der Waals surface area contributed by atoms with E-state index in [1.165, 1.54) is 5.56 Å². The topological polar surface area (TPSA) is 60.9 Å². The summed E-state index contributed by atoms with van der Waals surface area (Å²) in [5.41, 5.74) is 2.04. The van der Waals surface area contributed by atoms with E-state index in [4.69, 9.17) is 5.11 Å². The Morgan fingerprint density at radius 3 is 2.68 bits per heavy atom. The molecule has 3 rings (SSSR count). The summed E-state index contributed by atoms with van der Waals surface area (Å²) < 4.78 is 0. The molecule has 1 unspecified atom stereocenters. The highest BCUT2D eigenvalue weighted by atomic mass is 16.4. The Labute approximate surface area is 149 Å². The van der Waals surface area contributed by atoms with Crippen molar-refractivity contribution in [3.63, 3.8) is 0 Å². The molecule has 2 aliphatic rings. The van der Waals surface area contributed by atoms with Crippen molar-refractivity contribution < 1.29 is 14.7 Å². The van der Waals surface area contributed by atoms with Gasteiger partial charge in [0.25, 0.3) is 0 Å². The van der Waals surface area contributed by atoms with Crippen molar-refractivity contribution in [2.45, 2.75) is 50.5 Å². The zero-order chi connectivity index (χ0) is 18.0. The monoisotopic (exact) mass is 344 g/mol. The minimum absolute atomic E-state index is 0.0614. The zero-order valence-corrected chi connectivity index (χ0v) is 15.2. The lowest BCUT2D eigenvalue weighted by Crippen LogP contribution is -2.41. The van der Waals surface area contributed by atoms with Crippen molar-refractivity contribution in [1.82, 2.24) is 9.80 Å². The van der Waals surface area contributed by atoms with Gasteiger partial charge in [0.15, 0.2) is 0 Å². The number of aryl methyl sites for hydroxylation is 1. The van der Waals surface area contributed by atoms with Gasteiger partial charge in [-0.1, -0.05) is 29.8 Å². The SMILES string of the molecule is Cc1cccc(C2(C(=O)N3CCCC(N(C)CC(=O)O)CC3)CC2)c1. The molecule has 1 aliphatic carbocycles. The van der Waals surface area contributed by atoms with E-state index in [0.717, 1.165) is 50.8 Å². The van der Waals surface area contributed by atoms with Gasteiger partial charge in [0.05, 0.1) is 12.0 Å². The van der Waals surface area contributed by atoms with Gasteiger partial charge >= 0.3 is 5.97 Å².